The fourth-order valence-electron chi connectivity index (χ4n) is 0.448. The van der Waals surface area contributed by atoms with Crippen LogP contribution in [0.1, 0.15) is 19.8 Å². The van der Waals surface area contributed by atoms with Crippen molar-refractivity contribution in [3.8, 4) is 0 Å². The summed E-state index contributed by atoms with van der Waals surface area (Å²) in [7, 11) is 0. The number of carbonyl (C=O) groups is 1. The molecule has 1 atom stereocenters. The van der Waals surface area contributed by atoms with Crippen LogP contribution in [0.2, 0.25) is 0 Å². The van der Waals surface area contributed by atoms with Crippen LogP contribution in [0.3, 0.4) is 0 Å². The molecule has 3 heteroatoms. The minimum Gasteiger partial charge on any atom is -0.481 e. The van der Waals surface area contributed by atoms with E-state index in [2.05, 4.69) is 0 Å². The Hall–Kier alpha value is -0.570. The lowest BCUT2D eigenvalue weighted by Gasteiger charge is -1.98. The number of aliphatic hydroxyl groups is 1. The predicted octanol–water partition coefficient (Wildman–Crippen LogP) is 0.436. The summed E-state index contributed by atoms with van der Waals surface area (Å²) in [6.07, 6.45) is 1.70. The van der Waals surface area contributed by atoms with Gasteiger partial charge in [-0.05, 0) is 19.8 Å². The molecule has 1 unspecified atom stereocenters. The fourth-order valence-corrected chi connectivity index (χ4v) is 0.448. The Morgan fingerprint density at radius 1 is 1.78 bits per heavy atom. The molecule has 0 spiro atoms. The molecule has 0 aliphatic heterocycles. The van der Waals surface area contributed by atoms with Crippen LogP contribution < -0.4 is 0 Å². The van der Waals surface area contributed by atoms with E-state index < -0.39 is 12.1 Å². The van der Waals surface area contributed by atoms with Crippen LogP contribution in [0.25, 0.3) is 0 Å². The Labute approximate surface area is 54.3 Å². The molecule has 0 aromatic carbocycles. The summed E-state index contributed by atoms with van der Waals surface area (Å²) in [5.41, 5.74) is 0. The van der Waals surface area contributed by atoms with Crippen molar-refractivity contribution in [1.82, 2.24) is 0 Å². The molecule has 0 bridgehead atoms. The zero-order valence-corrected chi connectivity index (χ0v) is 5.37. The van der Waals surface area contributed by atoms with Crippen LogP contribution in [-0.2, 0) is 4.79 Å². The predicted molar refractivity (Wildman–Crippen MR) is 32.9 cm³/mol. The van der Waals surface area contributed by atoms with Gasteiger partial charge in [-0.2, -0.15) is 0 Å². The minimum absolute atomic E-state index is 0.402. The molecule has 0 aromatic heterocycles. The highest BCUT2D eigenvalue weighted by Gasteiger charge is 1.99. The normalized spacial score (nSPS) is 13.1. The van der Waals surface area contributed by atoms with Gasteiger partial charge < -0.3 is 10.2 Å². The summed E-state index contributed by atoms with van der Waals surface area (Å²) in [6, 6.07) is 0. The van der Waals surface area contributed by atoms with Crippen molar-refractivity contribution in [2.45, 2.75) is 25.9 Å². The maximum atomic E-state index is 9.84. The molecule has 0 fully saturated rings. The average molecular weight is 131 g/mol. The van der Waals surface area contributed by atoms with E-state index in [0.29, 0.717) is 12.8 Å². The van der Waals surface area contributed by atoms with Gasteiger partial charge in [0.15, 0.2) is 0 Å². The summed E-state index contributed by atoms with van der Waals surface area (Å²) in [5.74, 6) is -0.921. The number of hydrogen-bond donors (Lipinski definition) is 2. The fraction of sp³-hybridized carbons (Fsp3) is 0.667. The van der Waals surface area contributed by atoms with Gasteiger partial charge in [0, 0.05) is 0 Å². The number of carboxylic acid groups (broad SMARTS) is 1. The maximum absolute atomic E-state index is 9.84. The second-order valence-electron chi connectivity index (χ2n) is 1.97. The van der Waals surface area contributed by atoms with E-state index in [1.807, 2.05) is 0 Å². The zero-order valence-electron chi connectivity index (χ0n) is 5.37. The van der Waals surface area contributed by atoms with E-state index >= 15 is 0 Å². The van der Waals surface area contributed by atoms with E-state index in [0.717, 1.165) is 6.42 Å². The highest BCUT2D eigenvalue weighted by Crippen LogP contribution is 1.97. The first-order chi connectivity index (χ1) is 4.13. The monoisotopic (exact) mass is 131 g/mol. The van der Waals surface area contributed by atoms with Crippen molar-refractivity contribution >= 4 is 5.97 Å². The van der Waals surface area contributed by atoms with E-state index in [-0.39, 0.29) is 0 Å². The van der Waals surface area contributed by atoms with Crippen LogP contribution in [0, 0.1) is 6.42 Å². The molecule has 0 aliphatic carbocycles. The summed E-state index contributed by atoms with van der Waals surface area (Å²) in [4.78, 5) is 9.84. The summed E-state index contributed by atoms with van der Waals surface area (Å²) in [5, 5.41) is 16.7. The highest BCUT2D eigenvalue weighted by atomic mass is 16.4. The lowest BCUT2D eigenvalue weighted by molar-refractivity contribution is -0.133. The van der Waals surface area contributed by atoms with Crippen LogP contribution >= 0.6 is 0 Å². The Morgan fingerprint density at radius 3 is 2.67 bits per heavy atom. The van der Waals surface area contributed by atoms with Gasteiger partial charge in [-0.1, -0.05) is 0 Å². The summed E-state index contributed by atoms with van der Waals surface area (Å²) >= 11 is 0. The maximum Gasteiger partial charge on any atom is 0.307 e. The Bertz CT molecular complexity index is 88.3. The molecular formula is C6H11O3. The Morgan fingerprint density at radius 2 is 2.33 bits per heavy atom. The van der Waals surface area contributed by atoms with Crippen LogP contribution in [0.4, 0.5) is 0 Å². The van der Waals surface area contributed by atoms with Crippen LogP contribution in [0.15, 0.2) is 0 Å². The zero-order chi connectivity index (χ0) is 7.28. The molecule has 0 heterocycles. The molecule has 9 heavy (non-hydrogen) atoms. The van der Waals surface area contributed by atoms with Gasteiger partial charge in [0.05, 0.1) is 12.5 Å². The van der Waals surface area contributed by atoms with E-state index in [9.17, 15) is 4.79 Å². The van der Waals surface area contributed by atoms with Gasteiger partial charge in [0.25, 0.3) is 0 Å². The number of carboxylic acids is 1. The Kier molecular flexibility index (Phi) is 4.05. The SMILES string of the molecule is CC(O)CC[CH]C(=O)O. The molecule has 0 aromatic rings. The van der Waals surface area contributed by atoms with Gasteiger partial charge >= 0.3 is 5.97 Å². The topological polar surface area (TPSA) is 57.5 Å². The molecule has 3 nitrogen and oxygen atoms in total. The average Bonchev–Trinajstić information content (AvgIpc) is 1.63. The van der Waals surface area contributed by atoms with Gasteiger partial charge in [-0.3, -0.25) is 4.79 Å². The summed E-state index contributed by atoms with van der Waals surface area (Å²) < 4.78 is 0. The van der Waals surface area contributed by atoms with Crippen molar-refractivity contribution < 1.29 is 15.0 Å². The van der Waals surface area contributed by atoms with Gasteiger partial charge in [-0.15, -0.1) is 0 Å². The molecule has 2 N–H and O–H groups in total. The number of aliphatic hydroxyl groups excluding tert-OH is 1. The van der Waals surface area contributed by atoms with Crippen LogP contribution in [0.5, 0.6) is 0 Å². The van der Waals surface area contributed by atoms with E-state index in [4.69, 9.17) is 10.2 Å². The molecule has 0 saturated carbocycles. The van der Waals surface area contributed by atoms with Gasteiger partial charge in [0.2, 0.25) is 0 Å². The lowest BCUT2D eigenvalue weighted by Crippen LogP contribution is -2.02. The van der Waals surface area contributed by atoms with E-state index in [1.54, 1.807) is 6.92 Å². The van der Waals surface area contributed by atoms with Crippen molar-refractivity contribution in [2.24, 2.45) is 0 Å². The van der Waals surface area contributed by atoms with Crippen molar-refractivity contribution in [2.75, 3.05) is 0 Å². The second kappa shape index (κ2) is 4.32. The minimum atomic E-state index is -0.921. The van der Waals surface area contributed by atoms with Crippen molar-refractivity contribution in [1.29, 1.82) is 0 Å². The molecule has 0 aliphatic rings. The Balaban J connectivity index is 3.01. The largest absolute Gasteiger partial charge is 0.481 e. The molecule has 53 valence electrons. The summed E-state index contributed by atoms with van der Waals surface area (Å²) in [6.45, 7) is 1.63. The molecule has 0 rings (SSSR count). The number of hydrogen-bond acceptors (Lipinski definition) is 2. The molecule has 1 radical (unpaired) electrons. The van der Waals surface area contributed by atoms with Crippen molar-refractivity contribution in [3.05, 3.63) is 6.42 Å². The molecule has 0 amide bonds. The van der Waals surface area contributed by atoms with Crippen LogP contribution in [-0.4, -0.2) is 22.3 Å². The third kappa shape index (κ3) is 7.43. The van der Waals surface area contributed by atoms with Gasteiger partial charge in [0.1, 0.15) is 0 Å². The smallest absolute Gasteiger partial charge is 0.307 e. The third-order valence-corrected chi connectivity index (χ3v) is 0.903. The molecule has 0 saturated heterocycles. The number of rotatable bonds is 4. The first-order valence-electron chi connectivity index (χ1n) is 2.87. The molecular weight excluding hydrogens is 120 g/mol. The standard InChI is InChI=1S/C6H11O3/c1-5(7)3-2-4-6(8)9/h4-5,7H,2-3H2,1H3,(H,8,9). The lowest BCUT2D eigenvalue weighted by atomic mass is 10.2. The third-order valence-electron chi connectivity index (χ3n) is 0.903. The quantitative estimate of drug-likeness (QED) is 0.582. The van der Waals surface area contributed by atoms with Crippen molar-refractivity contribution in [3.63, 3.8) is 0 Å². The first kappa shape index (κ1) is 8.43. The van der Waals surface area contributed by atoms with Gasteiger partial charge in [-0.25, -0.2) is 0 Å². The second-order valence-corrected chi connectivity index (χ2v) is 1.97. The van der Waals surface area contributed by atoms with E-state index in [1.165, 1.54) is 0 Å². The highest BCUT2D eigenvalue weighted by molar-refractivity contribution is 5.76. The first-order valence-corrected chi connectivity index (χ1v) is 2.87. The number of aliphatic carboxylic acids is 1.